The summed E-state index contributed by atoms with van der Waals surface area (Å²) in [4.78, 5) is 0. The van der Waals surface area contributed by atoms with Gasteiger partial charge in [-0.25, -0.2) is 0 Å². The minimum atomic E-state index is 0.151. The Balaban J connectivity index is 2.82. The Hall–Kier alpha value is -0.310. The van der Waals surface area contributed by atoms with Crippen LogP contribution in [0.5, 0.6) is 0 Å². The highest BCUT2D eigenvalue weighted by Crippen LogP contribution is 1.80. The SMILES string of the molecule is CCCCNC([NH])=S. The minimum absolute atomic E-state index is 0.151. The fourth-order valence-electron chi connectivity index (χ4n) is 0.379. The molecule has 0 heterocycles. The van der Waals surface area contributed by atoms with Crippen LogP contribution in [0, 0.1) is 0 Å². The molecule has 0 aliphatic carbocycles. The molecule has 0 amide bonds. The molecule has 47 valence electrons. The molecule has 0 aliphatic heterocycles. The van der Waals surface area contributed by atoms with E-state index in [0.29, 0.717) is 0 Å². The van der Waals surface area contributed by atoms with Crippen LogP contribution in [0.25, 0.3) is 0 Å². The third-order valence-electron chi connectivity index (χ3n) is 0.816. The maximum absolute atomic E-state index is 6.78. The van der Waals surface area contributed by atoms with Crippen molar-refractivity contribution in [1.82, 2.24) is 11.1 Å². The van der Waals surface area contributed by atoms with Gasteiger partial charge in [-0.2, -0.15) is 0 Å². The van der Waals surface area contributed by atoms with Gasteiger partial charge in [0.05, 0.1) is 0 Å². The van der Waals surface area contributed by atoms with E-state index in [2.05, 4.69) is 24.5 Å². The van der Waals surface area contributed by atoms with E-state index < -0.39 is 0 Å². The third-order valence-corrected chi connectivity index (χ3v) is 0.960. The Bertz CT molecular complexity index is 72.8. The molecular weight excluding hydrogens is 120 g/mol. The molecule has 0 aromatic heterocycles. The van der Waals surface area contributed by atoms with Gasteiger partial charge in [0.1, 0.15) is 0 Å². The Labute approximate surface area is 55.4 Å². The number of hydrogen-bond donors (Lipinski definition) is 1. The molecule has 0 rings (SSSR count). The predicted molar refractivity (Wildman–Crippen MR) is 38.6 cm³/mol. The number of unbranched alkanes of at least 4 members (excludes halogenated alkanes) is 1. The first-order valence-electron chi connectivity index (χ1n) is 2.76. The maximum atomic E-state index is 6.78. The largest absolute Gasteiger partial charge is 0.361 e. The van der Waals surface area contributed by atoms with Gasteiger partial charge in [0.15, 0.2) is 5.11 Å². The Kier molecular flexibility index (Phi) is 4.65. The molecular formula is C5H11N2S. The van der Waals surface area contributed by atoms with E-state index in [9.17, 15) is 0 Å². The molecule has 3 heteroatoms. The second-order valence-corrected chi connectivity index (χ2v) is 2.02. The monoisotopic (exact) mass is 131 g/mol. The second-order valence-electron chi connectivity index (χ2n) is 1.61. The quantitative estimate of drug-likeness (QED) is 0.457. The second kappa shape index (κ2) is 4.84. The first kappa shape index (κ1) is 7.69. The average Bonchev–Trinajstić information content (AvgIpc) is 1.66. The minimum Gasteiger partial charge on any atom is -0.361 e. The van der Waals surface area contributed by atoms with E-state index in [-0.39, 0.29) is 5.11 Å². The third kappa shape index (κ3) is 5.69. The van der Waals surface area contributed by atoms with Crippen LogP contribution >= 0.6 is 12.2 Å². The summed E-state index contributed by atoms with van der Waals surface area (Å²) in [6, 6.07) is 0. The molecule has 0 bridgehead atoms. The summed E-state index contributed by atoms with van der Waals surface area (Å²) in [5, 5.41) is 2.90. The van der Waals surface area contributed by atoms with Crippen LogP contribution in [0.2, 0.25) is 0 Å². The van der Waals surface area contributed by atoms with Gasteiger partial charge in [0.25, 0.3) is 0 Å². The number of thiocarbonyl (C=S) groups is 1. The first-order valence-corrected chi connectivity index (χ1v) is 3.17. The van der Waals surface area contributed by atoms with E-state index in [1.165, 1.54) is 0 Å². The Morgan fingerprint density at radius 3 is 2.75 bits per heavy atom. The zero-order valence-electron chi connectivity index (χ0n) is 5.03. The molecule has 0 unspecified atom stereocenters. The van der Waals surface area contributed by atoms with Gasteiger partial charge in [0, 0.05) is 6.54 Å². The Morgan fingerprint density at radius 1 is 1.75 bits per heavy atom. The van der Waals surface area contributed by atoms with Crippen molar-refractivity contribution in [1.29, 1.82) is 0 Å². The van der Waals surface area contributed by atoms with Crippen molar-refractivity contribution in [3.05, 3.63) is 0 Å². The molecule has 0 atom stereocenters. The molecule has 0 aliphatic rings. The smallest absolute Gasteiger partial charge is 0.185 e. The molecule has 2 N–H and O–H groups in total. The lowest BCUT2D eigenvalue weighted by Crippen LogP contribution is -2.22. The Morgan fingerprint density at radius 2 is 2.38 bits per heavy atom. The summed E-state index contributed by atoms with van der Waals surface area (Å²) in [6.07, 6.45) is 2.24. The van der Waals surface area contributed by atoms with Crippen molar-refractivity contribution in [3.63, 3.8) is 0 Å². The number of rotatable bonds is 3. The van der Waals surface area contributed by atoms with Crippen LogP contribution < -0.4 is 11.1 Å². The number of nitrogens with one attached hydrogen (secondary N) is 2. The van der Waals surface area contributed by atoms with Gasteiger partial charge in [0.2, 0.25) is 0 Å². The molecule has 8 heavy (non-hydrogen) atoms. The van der Waals surface area contributed by atoms with Gasteiger partial charge in [-0.15, -0.1) is 0 Å². The zero-order chi connectivity index (χ0) is 6.41. The summed E-state index contributed by atoms with van der Waals surface area (Å²) in [6.45, 7) is 2.95. The highest BCUT2D eigenvalue weighted by Gasteiger charge is 1.83. The van der Waals surface area contributed by atoms with Gasteiger partial charge < -0.3 is 5.32 Å². The first-order chi connectivity index (χ1) is 3.77. The molecule has 0 aromatic carbocycles. The van der Waals surface area contributed by atoms with Gasteiger partial charge in [-0.05, 0) is 18.6 Å². The molecule has 0 fully saturated rings. The van der Waals surface area contributed by atoms with Crippen molar-refractivity contribution in [2.24, 2.45) is 0 Å². The molecule has 1 radical (unpaired) electrons. The van der Waals surface area contributed by atoms with Gasteiger partial charge in [-0.3, -0.25) is 5.73 Å². The van der Waals surface area contributed by atoms with Crippen LogP contribution in [-0.4, -0.2) is 11.7 Å². The summed E-state index contributed by atoms with van der Waals surface area (Å²) < 4.78 is 0. The lowest BCUT2D eigenvalue weighted by Gasteiger charge is -1.97. The predicted octanol–water partition coefficient (Wildman–Crippen LogP) is 0.944. The van der Waals surface area contributed by atoms with E-state index in [0.717, 1.165) is 19.4 Å². The normalized spacial score (nSPS) is 8.62. The standard InChI is InChI=1S/C5H11N2S/c1-2-3-4-7-5(6)8/h6H,2-4H2,1H3,(H,7,8). The van der Waals surface area contributed by atoms with Crippen LogP contribution in [0.1, 0.15) is 19.8 Å². The van der Waals surface area contributed by atoms with Crippen molar-refractivity contribution < 1.29 is 0 Å². The summed E-state index contributed by atoms with van der Waals surface area (Å²) in [7, 11) is 0. The van der Waals surface area contributed by atoms with Crippen molar-refractivity contribution in [2.75, 3.05) is 6.54 Å². The maximum Gasteiger partial charge on any atom is 0.185 e. The lowest BCUT2D eigenvalue weighted by molar-refractivity contribution is 0.755. The topological polar surface area (TPSA) is 35.8 Å². The van der Waals surface area contributed by atoms with Gasteiger partial charge >= 0.3 is 0 Å². The average molecular weight is 131 g/mol. The van der Waals surface area contributed by atoms with Crippen molar-refractivity contribution in [2.45, 2.75) is 19.8 Å². The van der Waals surface area contributed by atoms with E-state index >= 15 is 0 Å². The van der Waals surface area contributed by atoms with Gasteiger partial charge in [-0.1, -0.05) is 13.3 Å². The van der Waals surface area contributed by atoms with Crippen LogP contribution in [-0.2, 0) is 0 Å². The fourth-order valence-corrected chi connectivity index (χ4v) is 0.481. The summed E-state index contributed by atoms with van der Waals surface area (Å²) >= 11 is 4.46. The highest BCUT2D eigenvalue weighted by molar-refractivity contribution is 7.80. The van der Waals surface area contributed by atoms with Crippen molar-refractivity contribution >= 4 is 17.3 Å². The van der Waals surface area contributed by atoms with E-state index in [4.69, 9.17) is 5.73 Å². The van der Waals surface area contributed by atoms with E-state index in [1.807, 2.05) is 0 Å². The molecule has 0 saturated carbocycles. The zero-order valence-corrected chi connectivity index (χ0v) is 5.85. The summed E-state index contributed by atoms with van der Waals surface area (Å²) in [5.41, 5.74) is 6.78. The van der Waals surface area contributed by atoms with E-state index in [1.54, 1.807) is 0 Å². The number of hydrogen-bond acceptors (Lipinski definition) is 1. The van der Waals surface area contributed by atoms with Crippen molar-refractivity contribution in [3.8, 4) is 0 Å². The van der Waals surface area contributed by atoms with Crippen LogP contribution in [0.3, 0.4) is 0 Å². The molecule has 2 nitrogen and oxygen atoms in total. The molecule has 0 aromatic rings. The van der Waals surface area contributed by atoms with Crippen LogP contribution in [0.4, 0.5) is 0 Å². The summed E-state index contributed by atoms with van der Waals surface area (Å²) in [5.74, 6) is 0. The fraction of sp³-hybridized carbons (Fsp3) is 0.800. The molecule has 0 spiro atoms. The molecule has 0 saturated heterocycles. The highest BCUT2D eigenvalue weighted by atomic mass is 32.1. The van der Waals surface area contributed by atoms with Crippen LogP contribution in [0.15, 0.2) is 0 Å². The lowest BCUT2D eigenvalue weighted by atomic mass is 10.3.